The lowest BCUT2D eigenvalue weighted by Crippen LogP contribution is -2.38. The minimum atomic E-state index is 0.801. The molecule has 5 nitrogen and oxygen atoms in total. The second-order valence-corrected chi connectivity index (χ2v) is 5.44. The molecule has 20 heavy (non-hydrogen) atoms. The molecule has 0 unspecified atom stereocenters. The molecular formula is C15H29N5. The van der Waals surface area contributed by atoms with Crippen LogP contribution in [0, 0.1) is 5.92 Å². The summed E-state index contributed by atoms with van der Waals surface area (Å²) >= 11 is 0. The molecule has 114 valence electrons. The first-order valence-electron chi connectivity index (χ1n) is 7.64. The van der Waals surface area contributed by atoms with Gasteiger partial charge in [0, 0.05) is 39.1 Å². The Morgan fingerprint density at radius 1 is 1.20 bits per heavy atom. The number of unbranched alkanes of at least 4 members (excludes halogenated alkanes) is 1. The molecule has 0 aliphatic rings. The number of guanidine groups is 1. The summed E-state index contributed by atoms with van der Waals surface area (Å²) in [5.74, 6) is 1.70. The summed E-state index contributed by atoms with van der Waals surface area (Å²) in [4.78, 5) is 4.23. The molecule has 0 bridgehead atoms. The van der Waals surface area contributed by atoms with Crippen molar-refractivity contribution < 1.29 is 0 Å². The fraction of sp³-hybridized carbons (Fsp3) is 0.733. The smallest absolute Gasteiger partial charge is 0.190 e. The second-order valence-electron chi connectivity index (χ2n) is 5.44. The van der Waals surface area contributed by atoms with Crippen molar-refractivity contribution in [2.75, 3.05) is 20.1 Å². The Hall–Kier alpha value is -1.52. The zero-order chi connectivity index (χ0) is 14.6. The molecule has 0 spiro atoms. The molecule has 1 aromatic rings. The van der Waals surface area contributed by atoms with Crippen molar-refractivity contribution in [1.29, 1.82) is 0 Å². The Morgan fingerprint density at radius 3 is 2.55 bits per heavy atom. The summed E-state index contributed by atoms with van der Waals surface area (Å²) in [6.07, 6.45) is 8.62. The van der Waals surface area contributed by atoms with Crippen LogP contribution in [0.5, 0.6) is 0 Å². The molecule has 0 radical (unpaired) electrons. The van der Waals surface area contributed by atoms with E-state index in [1.54, 1.807) is 0 Å². The van der Waals surface area contributed by atoms with Crippen LogP contribution in [0.2, 0.25) is 0 Å². The highest BCUT2D eigenvalue weighted by molar-refractivity contribution is 5.79. The van der Waals surface area contributed by atoms with Crippen LogP contribution < -0.4 is 10.6 Å². The maximum atomic E-state index is 4.23. The van der Waals surface area contributed by atoms with E-state index in [9.17, 15) is 0 Å². The van der Waals surface area contributed by atoms with Crippen LogP contribution in [0.3, 0.4) is 0 Å². The summed E-state index contributed by atoms with van der Waals surface area (Å²) in [5.41, 5.74) is 0. The van der Waals surface area contributed by atoms with Crippen LogP contribution >= 0.6 is 0 Å². The highest BCUT2D eigenvalue weighted by atomic mass is 15.3. The molecule has 0 fully saturated rings. The van der Waals surface area contributed by atoms with Gasteiger partial charge in [0.15, 0.2) is 5.96 Å². The van der Waals surface area contributed by atoms with E-state index in [0.717, 1.165) is 37.9 Å². The molecular weight excluding hydrogens is 250 g/mol. The van der Waals surface area contributed by atoms with Crippen molar-refractivity contribution in [3.63, 3.8) is 0 Å². The van der Waals surface area contributed by atoms with Crippen molar-refractivity contribution >= 4 is 5.96 Å². The molecule has 0 saturated heterocycles. The first-order chi connectivity index (χ1) is 9.72. The standard InChI is InChI=1S/C15H29N5/c1-14(2)8-4-5-9-17-15(16-3)18-10-6-12-20-13-7-11-19-20/h7,11,13-14H,4-6,8-10,12H2,1-3H3,(H2,16,17,18). The van der Waals surface area contributed by atoms with E-state index in [2.05, 4.69) is 34.6 Å². The lowest BCUT2D eigenvalue weighted by molar-refractivity contribution is 0.533. The molecule has 1 aromatic heterocycles. The van der Waals surface area contributed by atoms with Crippen LogP contribution in [-0.2, 0) is 6.54 Å². The zero-order valence-electron chi connectivity index (χ0n) is 13.1. The Bertz CT molecular complexity index is 356. The van der Waals surface area contributed by atoms with Gasteiger partial charge in [-0.2, -0.15) is 5.10 Å². The predicted octanol–water partition coefficient (Wildman–Crippen LogP) is 2.26. The number of nitrogens with one attached hydrogen (secondary N) is 2. The number of aromatic nitrogens is 2. The fourth-order valence-corrected chi connectivity index (χ4v) is 1.99. The number of hydrogen-bond donors (Lipinski definition) is 2. The van der Waals surface area contributed by atoms with E-state index in [0.29, 0.717) is 0 Å². The third-order valence-electron chi connectivity index (χ3n) is 3.14. The summed E-state index contributed by atoms with van der Waals surface area (Å²) in [6.45, 7) is 7.38. The van der Waals surface area contributed by atoms with Gasteiger partial charge in [-0.3, -0.25) is 9.67 Å². The number of nitrogens with zero attached hydrogens (tertiary/aromatic N) is 3. The van der Waals surface area contributed by atoms with E-state index in [-0.39, 0.29) is 0 Å². The maximum absolute atomic E-state index is 4.23. The third-order valence-corrected chi connectivity index (χ3v) is 3.14. The van der Waals surface area contributed by atoms with Gasteiger partial charge in [-0.15, -0.1) is 0 Å². The number of rotatable bonds is 9. The quantitative estimate of drug-likeness (QED) is 0.414. The largest absolute Gasteiger partial charge is 0.356 e. The van der Waals surface area contributed by atoms with Crippen LogP contribution in [0.25, 0.3) is 0 Å². The van der Waals surface area contributed by atoms with Crippen molar-refractivity contribution in [1.82, 2.24) is 20.4 Å². The third kappa shape index (κ3) is 7.81. The molecule has 0 aliphatic carbocycles. The van der Waals surface area contributed by atoms with E-state index in [1.165, 1.54) is 19.3 Å². The van der Waals surface area contributed by atoms with Gasteiger partial charge < -0.3 is 10.6 Å². The summed E-state index contributed by atoms with van der Waals surface area (Å²) < 4.78 is 1.95. The van der Waals surface area contributed by atoms with Gasteiger partial charge in [0.2, 0.25) is 0 Å². The molecule has 5 heteroatoms. The maximum Gasteiger partial charge on any atom is 0.190 e. The van der Waals surface area contributed by atoms with E-state index in [1.807, 2.05) is 30.2 Å². The number of hydrogen-bond acceptors (Lipinski definition) is 2. The average Bonchev–Trinajstić information content (AvgIpc) is 2.93. The highest BCUT2D eigenvalue weighted by Gasteiger charge is 1.98. The number of aryl methyl sites for hydroxylation is 1. The molecule has 0 aliphatic heterocycles. The first-order valence-corrected chi connectivity index (χ1v) is 7.64. The van der Waals surface area contributed by atoms with Gasteiger partial charge in [0.05, 0.1) is 0 Å². The lowest BCUT2D eigenvalue weighted by atomic mass is 10.1. The first kappa shape index (κ1) is 16.5. The molecule has 0 aromatic carbocycles. The molecule has 1 rings (SSSR count). The molecule has 0 amide bonds. The molecule has 0 saturated carbocycles. The highest BCUT2D eigenvalue weighted by Crippen LogP contribution is 2.04. The molecule has 1 heterocycles. The summed E-state index contributed by atoms with van der Waals surface area (Å²) in [5, 5.41) is 10.9. The van der Waals surface area contributed by atoms with Crippen LogP contribution in [0.15, 0.2) is 23.5 Å². The van der Waals surface area contributed by atoms with Crippen molar-refractivity contribution in [3.05, 3.63) is 18.5 Å². The SMILES string of the molecule is CN=C(NCCCCC(C)C)NCCCn1cccn1. The van der Waals surface area contributed by atoms with Gasteiger partial charge in [0.25, 0.3) is 0 Å². The van der Waals surface area contributed by atoms with Gasteiger partial charge in [-0.25, -0.2) is 0 Å². The monoisotopic (exact) mass is 279 g/mol. The summed E-state index contributed by atoms with van der Waals surface area (Å²) in [6, 6.07) is 1.95. The number of aliphatic imine (C=N–C) groups is 1. The second kappa shape index (κ2) is 10.3. The van der Waals surface area contributed by atoms with Gasteiger partial charge in [0.1, 0.15) is 0 Å². The Balaban J connectivity index is 2.02. The van der Waals surface area contributed by atoms with E-state index >= 15 is 0 Å². The topological polar surface area (TPSA) is 54.2 Å². The summed E-state index contributed by atoms with van der Waals surface area (Å²) in [7, 11) is 1.82. The lowest BCUT2D eigenvalue weighted by Gasteiger charge is -2.12. The normalized spacial score (nSPS) is 11.9. The van der Waals surface area contributed by atoms with Crippen molar-refractivity contribution in [3.8, 4) is 0 Å². The zero-order valence-corrected chi connectivity index (χ0v) is 13.1. The van der Waals surface area contributed by atoms with E-state index < -0.39 is 0 Å². The van der Waals surface area contributed by atoms with Gasteiger partial charge >= 0.3 is 0 Å². The Kier molecular flexibility index (Phi) is 8.51. The van der Waals surface area contributed by atoms with Crippen molar-refractivity contribution in [2.45, 2.75) is 46.1 Å². The van der Waals surface area contributed by atoms with Crippen molar-refractivity contribution in [2.24, 2.45) is 10.9 Å². The fourth-order valence-electron chi connectivity index (χ4n) is 1.99. The van der Waals surface area contributed by atoms with Gasteiger partial charge in [-0.1, -0.05) is 26.7 Å². The molecule has 0 atom stereocenters. The van der Waals surface area contributed by atoms with Crippen LogP contribution in [0.1, 0.15) is 39.5 Å². The minimum Gasteiger partial charge on any atom is -0.356 e. The predicted molar refractivity (Wildman–Crippen MR) is 84.9 cm³/mol. The minimum absolute atomic E-state index is 0.801. The molecule has 2 N–H and O–H groups in total. The Morgan fingerprint density at radius 2 is 1.95 bits per heavy atom. The van der Waals surface area contributed by atoms with Crippen LogP contribution in [-0.4, -0.2) is 35.9 Å². The Labute approximate surface area is 122 Å². The average molecular weight is 279 g/mol. The van der Waals surface area contributed by atoms with Crippen LogP contribution in [0.4, 0.5) is 0 Å². The van der Waals surface area contributed by atoms with Gasteiger partial charge in [-0.05, 0) is 24.8 Å². The van der Waals surface area contributed by atoms with E-state index in [4.69, 9.17) is 0 Å².